The molecule has 0 bridgehead atoms. The smallest absolute Gasteiger partial charge is 0.409 e. The van der Waals surface area contributed by atoms with Crippen LogP contribution < -0.4 is 10.6 Å². The maximum atomic E-state index is 11.8. The number of aryl methyl sites for hydroxylation is 2. The molecule has 0 saturated carbocycles. The van der Waals surface area contributed by atoms with Crippen molar-refractivity contribution in [2.75, 3.05) is 30.3 Å². The number of amides is 1. The van der Waals surface area contributed by atoms with Gasteiger partial charge in [-0.25, -0.2) is 9.78 Å². The second kappa shape index (κ2) is 9.39. The van der Waals surface area contributed by atoms with Gasteiger partial charge in [0.1, 0.15) is 5.82 Å². The van der Waals surface area contributed by atoms with Crippen LogP contribution >= 0.6 is 0 Å². The highest BCUT2D eigenvalue weighted by Crippen LogP contribution is 2.22. The van der Waals surface area contributed by atoms with Gasteiger partial charge < -0.3 is 20.3 Å². The van der Waals surface area contributed by atoms with E-state index >= 15 is 0 Å². The Kier molecular flexibility index (Phi) is 6.68. The molecule has 2 aromatic rings. The number of anilines is 3. The predicted molar refractivity (Wildman–Crippen MR) is 111 cm³/mol. The van der Waals surface area contributed by atoms with Crippen LogP contribution in [0.15, 0.2) is 30.3 Å². The van der Waals surface area contributed by atoms with E-state index < -0.39 is 0 Å². The van der Waals surface area contributed by atoms with Crippen LogP contribution in [0.2, 0.25) is 0 Å². The minimum absolute atomic E-state index is 0.228. The second-order valence-corrected chi connectivity index (χ2v) is 6.96. The molecule has 0 unspecified atom stereocenters. The topological polar surface area (TPSA) is 79.4 Å². The van der Waals surface area contributed by atoms with Crippen LogP contribution in [0.5, 0.6) is 0 Å². The fourth-order valence-corrected chi connectivity index (χ4v) is 3.39. The zero-order valence-corrected chi connectivity index (χ0v) is 16.9. The molecule has 2 N–H and O–H groups in total. The Morgan fingerprint density at radius 1 is 1.21 bits per heavy atom. The number of nitrogens with zero attached hydrogens (tertiary/aromatic N) is 3. The van der Waals surface area contributed by atoms with E-state index in [-0.39, 0.29) is 12.1 Å². The summed E-state index contributed by atoms with van der Waals surface area (Å²) in [6.45, 7) is 7.69. The zero-order valence-electron chi connectivity index (χ0n) is 16.9. The first-order valence-corrected chi connectivity index (χ1v) is 9.98. The molecule has 3 rings (SSSR count). The Morgan fingerprint density at radius 3 is 2.68 bits per heavy atom. The Balaban J connectivity index is 1.63. The summed E-state index contributed by atoms with van der Waals surface area (Å²) >= 11 is 0. The molecule has 0 spiro atoms. The normalized spacial score (nSPS) is 14.6. The molecule has 28 heavy (non-hydrogen) atoms. The average molecular weight is 383 g/mol. The lowest BCUT2D eigenvalue weighted by molar-refractivity contribution is 0.0983. The molecule has 1 aliphatic rings. The third kappa shape index (κ3) is 5.12. The third-order valence-electron chi connectivity index (χ3n) is 4.87. The van der Waals surface area contributed by atoms with Crippen molar-refractivity contribution in [3.63, 3.8) is 0 Å². The van der Waals surface area contributed by atoms with Gasteiger partial charge >= 0.3 is 6.09 Å². The van der Waals surface area contributed by atoms with Crippen LogP contribution in [-0.2, 0) is 11.2 Å². The lowest BCUT2D eigenvalue weighted by Gasteiger charge is -2.31. The molecule has 1 fully saturated rings. The molecule has 0 aliphatic carbocycles. The van der Waals surface area contributed by atoms with Crippen LogP contribution in [-0.4, -0.2) is 46.7 Å². The summed E-state index contributed by atoms with van der Waals surface area (Å²) in [6.07, 6.45) is 2.42. The van der Waals surface area contributed by atoms with Crippen LogP contribution in [0, 0.1) is 6.92 Å². The van der Waals surface area contributed by atoms with Gasteiger partial charge in [-0.3, -0.25) is 0 Å². The first-order chi connectivity index (χ1) is 13.6. The van der Waals surface area contributed by atoms with Gasteiger partial charge in [-0.15, -0.1) is 0 Å². The van der Waals surface area contributed by atoms with E-state index in [2.05, 4.69) is 39.7 Å². The quantitative estimate of drug-likeness (QED) is 0.781. The maximum Gasteiger partial charge on any atom is 0.409 e. The van der Waals surface area contributed by atoms with Crippen molar-refractivity contribution in [1.82, 2.24) is 14.9 Å². The molecule has 0 atom stereocenters. The average Bonchev–Trinajstić information content (AvgIpc) is 2.69. The van der Waals surface area contributed by atoms with E-state index in [1.807, 2.05) is 32.0 Å². The molecule has 1 aliphatic heterocycles. The predicted octanol–water partition coefficient (Wildman–Crippen LogP) is 4.12. The largest absolute Gasteiger partial charge is 0.450 e. The van der Waals surface area contributed by atoms with E-state index in [1.54, 1.807) is 4.90 Å². The number of hydrogen-bond donors (Lipinski definition) is 2. The van der Waals surface area contributed by atoms with Gasteiger partial charge in [-0.1, -0.05) is 25.1 Å². The molecule has 1 amide bonds. The number of ether oxygens (including phenoxy) is 1. The van der Waals surface area contributed by atoms with Gasteiger partial charge in [0.05, 0.1) is 6.61 Å². The fourth-order valence-electron chi connectivity index (χ4n) is 3.39. The first kappa shape index (κ1) is 19.9. The number of benzene rings is 1. The SMILES string of the molecule is CCOC(=O)N1CCC(Nc2nc(C)cc(Nc3ccccc3CC)n2)CC1. The van der Waals surface area contributed by atoms with Gasteiger partial charge in [0.2, 0.25) is 5.95 Å². The highest BCUT2D eigenvalue weighted by molar-refractivity contribution is 5.67. The minimum Gasteiger partial charge on any atom is -0.450 e. The summed E-state index contributed by atoms with van der Waals surface area (Å²) in [6, 6.07) is 10.4. The highest BCUT2D eigenvalue weighted by atomic mass is 16.6. The summed E-state index contributed by atoms with van der Waals surface area (Å²) in [5, 5.41) is 6.84. The molecule has 7 heteroatoms. The first-order valence-electron chi connectivity index (χ1n) is 9.98. The second-order valence-electron chi connectivity index (χ2n) is 6.96. The summed E-state index contributed by atoms with van der Waals surface area (Å²) in [4.78, 5) is 22.8. The number of aromatic nitrogens is 2. The van der Waals surface area contributed by atoms with Crippen LogP contribution in [0.1, 0.15) is 37.9 Å². The van der Waals surface area contributed by atoms with Crippen LogP contribution in [0.3, 0.4) is 0 Å². The number of nitrogens with one attached hydrogen (secondary N) is 2. The lowest BCUT2D eigenvalue weighted by atomic mass is 10.1. The summed E-state index contributed by atoms with van der Waals surface area (Å²) in [5.74, 6) is 1.39. The number of carbonyl (C=O) groups is 1. The Hall–Kier alpha value is -2.83. The van der Waals surface area contributed by atoms with Crippen molar-refractivity contribution < 1.29 is 9.53 Å². The van der Waals surface area contributed by atoms with Crippen molar-refractivity contribution in [3.05, 3.63) is 41.6 Å². The number of carbonyl (C=O) groups excluding carboxylic acids is 1. The third-order valence-corrected chi connectivity index (χ3v) is 4.87. The van der Waals surface area contributed by atoms with E-state index in [9.17, 15) is 4.79 Å². The van der Waals surface area contributed by atoms with Crippen molar-refractivity contribution in [2.24, 2.45) is 0 Å². The van der Waals surface area contributed by atoms with Crippen LogP contribution in [0.4, 0.5) is 22.2 Å². The molecule has 7 nitrogen and oxygen atoms in total. The number of hydrogen-bond acceptors (Lipinski definition) is 6. The van der Waals surface area contributed by atoms with Gasteiger partial charge in [0.15, 0.2) is 0 Å². The molecule has 150 valence electrons. The number of likely N-dealkylation sites (tertiary alicyclic amines) is 1. The number of para-hydroxylation sites is 1. The molecule has 1 aromatic heterocycles. The van der Waals surface area contributed by atoms with Crippen molar-refractivity contribution in [2.45, 2.75) is 46.1 Å². The monoisotopic (exact) mass is 383 g/mol. The molecular formula is C21H29N5O2. The summed E-state index contributed by atoms with van der Waals surface area (Å²) in [5.41, 5.74) is 3.22. The fraction of sp³-hybridized carbons (Fsp3) is 0.476. The highest BCUT2D eigenvalue weighted by Gasteiger charge is 2.24. The standard InChI is InChI=1S/C21H29N5O2/c1-4-16-8-6-7-9-18(16)24-19-14-15(3)22-20(25-19)23-17-10-12-26(13-11-17)21(27)28-5-2/h6-9,14,17H,4-5,10-13H2,1-3H3,(H2,22,23,24,25). The molecule has 2 heterocycles. The maximum absolute atomic E-state index is 11.8. The van der Waals surface area contributed by atoms with Gasteiger partial charge in [0, 0.05) is 36.6 Å². The summed E-state index contributed by atoms with van der Waals surface area (Å²) in [7, 11) is 0. The van der Waals surface area contributed by atoms with Crippen molar-refractivity contribution >= 4 is 23.5 Å². The Labute approximate surface area is 166 Å². The minimum atomic E-state index is -0.228. The number of piperidine rings is 1. The Bertz CT molecular complexity index is 803. The molecule has 1 saturated heterocycles. The molecule has 0 radical (unpaired) electrons. The van der Waals surface area contributed by atoms with E-state index in [1.165, 1.54) is 5.56 Å². The molecule has 1 aromatic carbocycles. The number of rotatable bonds is 6. The van der Waals surface area contributed by atoms with E-state index in [0.717, 1.165) is 36.5 Å². The van der Waals surface area contributed by atoms with E-state index in [4.69, 9.17) is 4.74 Å². The molecular weight excluding hydrogens is 354 g/mol. The van der Waals surface area contributed by atoms with Gasteiger partial charge in [-0.05, 0) is 44.7 Å². The zero-order chi connectivity index (χ0) is 19.9. The lowest BCUT2D eigenvalue weighted by Crippen LogP contribution is -2.42. The van der Waals surface area contributed by atoms with E-state index in [0.29, 0.717) is 25.6 Å². The Morgan fingerprint density at radius 2 is 1.96 bits per heavy atom. The van der Waals surface area contributed by atoms with Crippen molar-refractivity contribution in [3.8, 4) is 0 Å². The van der Waals surface area contributed by atoms with Crippen LogP contribution in [0.25, 0.3) is 0 Å². The van der Waals surface area contributed by atoms with Crippen molar-refractivity contribution in [1.29, 1.82) is 0 Å². The van der Waals surface area contributed by atoms with Gasteiger partial charge in [-0.2, -0.15) is 4.98 Å². The summed E-state index contributed by atoms with van der Waals surface area (Å²) < 4.78 is 5.08. The van der Waals surface area contributed by atoms with Gasteiger partial charge in [0.25, 0.3) is 0 Å².